The molecule has 2 aromatic carbocycles. The van der Waals surface area contributed by atoms with Crippen molar-refractivity contribution in [3.8, 4) is 11.5 Å². The molecule has 0 bridgehead atoms. The van der Waals surface area contributed by atoms with Gasteiger partial charge in [0.15, 0.2) is 0 Å². The van der Waals surface area contributed by atoms with Gasteiger partial charge < -0.3 is 4.74 Å². The molecule has 0 amide bonds. The molecule has 0 aliphatic heterocycles. The quantitative estimate of drug-likeness (QED) is 0.745. The summed E-state index contributed by atoms with van der Waals surface area (Å²) in [6, 6.07) is 12.0. The lowest BCUT2D eigenvalue weighted by molar-refractivity contribution is -0.137. The minimum Gasteiger partial charge on any atom is -0.457 e. The van der Waals surface area contributed by atoms with Crippen molar-refractivity contribution in [3.05, 3.63) is 59.7 Å². The second kappa shape index (κ2) is 4.72. The van der Waals surface area contributed by atoms with Gasteiger partial charge in [-0.1, -0.05) is 18.2 Å². The van der Waals surface area contributed by atoms with Crippen molar-refractivity contribution >= 4 is 0 Å². The fourth-order valence-corrected chi connectivity index (χ4v) is 1.55. The molecule has 4 heteroatoms. The maximum absolute atomic E-state index is 12.5. The molecular weight excluding hydrogens is 241 g/mol. The molecule has 0 heterocycles. The zero-order chi connectivity index (χ0) is 13.2. The highest BCUT2D eigenvalue weighted by Crippen LogP contribution is 2.32. The SMILES string of the molecule is Cc1cccc(Oc2cccc(C(F)(F)F)c2)c1. The molecule has 0 aromatic heterocycles. The third kappa shape index (κ3) is 3.03. The largest absolute Gasteiger partial charge is 0.457 e. The van der Waals surface area contributed by atoms with Gasteiger partial charge in [0, 0.05) is 0 Å². The number of rotatable bonds is 2. The van der Waals surface area contributed by atoms with E-state index >= 15 is 0 Å². The van der Waals surface area contributed by atoms with E-state index in [-0.39, 0.29) is 5.75 Å². The minimum absolute atomic E-state index is 0.176. The maximum atomic E-state index is 12.5. The summed E-state index contributed by atoms with van der Waals surface area (Å²) < 4.78 is 42.9. The highest BCUT2D eigenvalue weighted by Gasteiger charge is 2.30. The molecule has 94 valence electrons. The van der Waals surface area contributed by atoms with Crippen molar-refractivity contribution in [1.29, 1.82) is 0 Å². The number of ether oxygens (including phenoxy) is 1. The van der Waals surface area contributed by atoms with Gasteiger partial charge in [-0.3, -0.25) is 0 Å². The summed E-state index contributed by atoms with van der Waals surface area (Å²) in [5.74, 6) is 0.699. The smallest absolute Gasteiger partial charge is 0.416 e. The van der Waals surface area contributed by atoms with Crippen LogP contribution in [-0.4, -0.2) is 0 Å². The molecule has 0 radical (unpaired) electrons. The van der Waals surface area contributed by atoms with Gasteiger partial charge in [-0.15, -0.1) is 0 Å². The summed E-state index contributed by atoms with van der Waals surface area (Å²) in [6.45, 7) is 1.89. The average Bonchev–Trinajstić information content (AvgIpc) is 2.28. The molecular formula is C14H11F3O. The Morgan fingerprint density at radius 3 is 2.11 bits per heavy atom. The molecule has 0 unspecified atom stereocenters. The van der Waals surface area contributed by atoms with Crippen LogP contribution in [0.15, 0.2) is 48.5 Å². The topological polar surface area (TPSA) is 9.23 Å². The molecule has 0 aliphatic rings. The van der Waals surface area contributed by atoms with Crippen molar-refractivity contribution in [2.45, 2.75) is 13.1 Å². The van der Waals surface area contributed by atoms with Crippen LogP contribution < -0.4 is 4.74 Å². The van der Waals surface area contributed by atoms with Gasteiger partial charge >= 0.3 is 6.18 Å². The van der Waals surface area contributed by atoms with E-state index in [4.69, 9.17) is 4.74 Å². The molecule has 0 saturated heterocycles. The summed E-state index contributed by atoms with van der Waals surface area (Å²) >= 11 is 0. The highest BCUT2D eigenvalue weighted by molar-refractivity contribution is 5.36. The molecule has 2 aromatic rings. The van der Waals surface area contributed by atoms with Gasteiger partial charge in [0.2, 0.25) is 0 Å². The Morgan fingerprint density at radius 1 is 0.889 bits per heavy atom. The first-order valence-electron chi connectivity index (χ1n) is 5.37. The molecule has 0 spiro atoms. The van der Waals surface area contributed by atoms with Crippen molar-refractivity contribution in [1.82, 2.24) is 0 Å². The van der Waals surface area contributed by atoms with Crippen LogP contribution >= 0.6 is 0 Å². The van der Waals surface area contributed by atoms with Crippen LogP contribution in [-0.2, 0) is 6.18 Å². The number of hydrogen-bond acceptors (Lipinski definition) is 1. The first-order valence-corrected chi connectivity index (χ1v) is 5.37. The van der Waals surface area contributed by atoms with Gasteiger partial charge in [-0.05, 0) is 42.8 Å². The molecule has 1 nitrogen and oxygen atoms in total. The lowest BCUT2D eigenvalue weighted by Crippen LogP contribution is -2.04. The summed E-state index contributed by atoms with van der Waals surface area (Å²) in [4.78, 5) is 0. The number of benzene rings is 2. The van der Waals surface area contributed by atoms with E-state index in [1.54, 1.807) is 18.2 Å². The van der Waals surface area contributed by atoms with Crippen molar-refractivity contribution in [3.63, 3.8) is 0 Å². The molecule has 0 fully saturated rings. The first-order chi connectivity index (χ1) is 8.45. The van der Waals surface area contributed by atoms with E-state index in [2.05, 4.69) is 0 Å². The minimum atomic E-state index is -4.36. The summed E-state index contributed by atoms with van der Waals surface area (Å²) in [7, 11) is 0. The average molecular weight is 252 g/mol. The number of halogens is 3. The zero-order valence-corrected chi connectivity index (χ0v) is 9.66. The Hall–Kier alpha value is -1.97. The molecule has 0 aliphatic carbocycles. The lowest BCUT2D eigenvalue weighted by Gasteiger charge is -2.10. The lowest BCUT2D eigenvalue weighted by atomic mass is 10.2. The van der Waals surface area contributed by atoms with E-state index in [9.17, 15) is 13.2 Å². The molecule has 18 heavy (non-hydrogen) atoms. The van der Waals surface area contributed by atoms with E-state index in [1.165, 1.54) is 12.1 Å². The van der Waals surface area contributed by atoms with Gasteiger partial charge in [0.05, 0.1) is 5.56 Å². The predicted molar refractivity (Wildman–Crippen MR) is 62.7 cm³/mol. The van der Waals surface area contributed by atoms with E-state index in [0.717, 1.165) is 17.7 Å². The third-order valence-corrected chi connectivity index (χ3v) is 2.39. The first kappa shape index (κ1) is 12.5. The Morgan fingerprint density at radius 2 is 1.50 bits per heavy atom. The van der Waals surface area contributed by atoms with Crippen molar-refractivity contribution < 1.29 is 17.9 Å². The molecule has 0 N–H and O–H groups in total. The molecule has 0 saturated carbocycles. The van der Waals surface area contributed by atoms with Crippen LogP contribution in [0.5, 0.6) is 11.5 Å². The Kier molecular flexibility index (Phi) is 3.28. The van der Waals surface area contributed by atoms with Gasteiger partial charge in [-0.25, -0.2) is 0 Å². The van der Waals surface area contributed by atoms with E-state index < -0.39 is 11.7 Å². The summed E-state index contributed by atoms with van der Waals surface area (Å²) in [5.41, 5.74) is 0.270. The van der Waals surface area contributed by atoms with Crippen LogP contribution in [0.3, 0.4) is 0 Å². The second-order valence-corrected chi connectivity index (χ2v) is 3.94. The van der Waals surface area contributed by atoms with Gasteiger partial charge in [0.1, 0.15) is 11.5 Å². The Balaban J connectivity index is 2.25. The monoisotopic (exact) mass is 252 g/mol. The normalized spacial score (nSPS) is 11.3. The fraction of sp³-hybridized carbons (Fsp3) is 0.143. The Labute approximate surface area is 103 Å². The third-order valence-electron chi connectivity index (χ3n) is 2.39. The van der Waals surface area contributed by atoms with Crippen molar-refractivity contribution in [2.75, 3.05) is 0 Å². The van der Waals surface area contributed by atoms with E-state index in [1.807, 2.05) is 13.0 Å². The fourth-order valence-electron chi connectivity index (χ4n) is 1.55. The Bertz CT molecular complexity index is 547. The molecule has 0 atom stereocenters. The van der Waals surface area contributed by atoms with E-state index in [0.29, 0.717) is 5.75 Å². The van der Waals surface area contributed by atoms with Gasteiger partial charge in [-0.2, -0.15) is 13.2 Å². The number of alkyl halides is 3. The van der Waals surface area contributed by atoms with Crippen LogP contribution in [0, 0.1) is 6.92 Å². The maximum Gasteiger partial charge on any atom is 0.416 e. The van der Waals surface area contributed by atoms with Gasteiger partial charge in [0.25, 0.3) is 0 Å². The summed E-state index contributed by atoms with van der Waals surface area (Å²) in [6.07, 6.45) is -4.36. The molecule has 2 rings (SSSR count). The standard InChI is InChI=1S/C14H11F3O/c1-10-4-2-6-12(8-10)18-13-7-3-5-11(9-13)14(15,16)17/h2-9H,1H3. The predicted octanol–water partition coefficient (Wildman–Crippen LogP) is 4.81. The zero-order valence-electron chi connectivity index (χ0n) is 9.66. The second-order valence-electron chi connectivity index (χ2n) is 3.94. The highest BCUT2D eigenvalue weighted by atomic mass is 19.4. The number of hydrogen-bond donors (Lipinski definition) is 0. The van der Waals surface area contributed by atoms with Crippen LogP contribution in [0.25, 0.3) is 0 Å². The van der Waals surface area contributed by atoms with Crippen LogP contribution in [0.1, 0.15) is 11.1 Å². The van der Waals surface area contributed by atoms with Crippen molar-refractivity contribution in [2.24, 2.45) is 0 Å². The van der Waals surface area contributed by atoms with Crippen LogP contribution in [0.2, 0.25) is 0 Å². The number of aryl methyl sites for hydroxylation is 1. The van der Waals surface area contributed by atoms with Crippen LogP contribution in [0.4, 0.5) is 13.2 Å². The summed E-state index contributed by atoms with van der Waals surface area (Å²) in [5, 5.41) is 0.